The van der Waals surface area contributed by atoms with E-state index in [1.165, 1.54) is 0 Å². The summed E-state index contributed by atoms with van der Waals surface area (Å²) in [4.78, 5) is 20.7. The summed E-state index contributed by atoms with van der Waals surface area (Å²) in [5.41, 5.74) is -1.73. The number of carbonyl (C=O) groups excluding carboxylic acids is 2. The van der Waals surface area contributed by atoms with Crippen molar-refractivity contribution in [2.75, 3.05) is 0 Å². The van der Waals surface area contributed by atoms with Gasteiger partial charge in [-0.3, -0.25) is 0 Å². The minimum Gasteiger partial charge on any atom is -0.386 e. The molecule has 0 aromatic heterocycles. The van der Waals surface area contributed by atoms with E-state index in [-0.39, 0.29) is 0 Å². The maximum atomic E-state index is 11.7. The second kappa shape index (κ2) is 3.88. The van der Waals surface area contributed by atoms with Gasteiger partial charge < -0.3 is 4.74 Å². The van der Waals surface area contributed by atoms with Crippen LogP contribution in [0.15, 0.2) is 24.8 Å². The van der Waals surface area contributed by atoms with Crippen molar-refractivity contribution in [3.63, 3.8) is 0 Å². The Labute approximate surface area is 71.5 Å². The molecule has 0 N–H and O–H groups in total. The largest absolute Gasteiger partial charge is 0.422 e. The van der Waals surface area contributed by atoms with Gasteiger partial charge in [0.2, 0.25) is 0 Å². The van der Waals surface area contributed by atoms with E-state index in [0.717, 1.165) is 0 Å². The summed E-state index contributed by atoms with van der Waals surface area (Å²) < 4.78 is 38.8. The average Bonchev–Trinajstić information content (AvgIpc) is 2.01. The van der Waals surface area contributed by atoms with Crippen LogP contribution in [0.25, 0.3) is 0 Å². The molecule has 0 aliphatic carbocycles. The maximum absolute atomic E-state index is 11.7. The van der Waals surface area contributed by atoms with Gasteiger partial charge in [-0.15, -0.1) is 0 Å². The Morgan fingerprint density at radius 2 is 1.77 bits per heavy atom. The molecule has 72 valence electrons. The van der Waals surface area contributed by atoms with Gasteiger partial charge in [-0.25, -0.2) is 9.59 Å². The standard InChI is InChI=1S/C7H5F3O3/c1-3-5(11)13-6(12)4(2)7(8,9)10/h3H,1-2H2. The van der Waals surface area contributed by atoms with Crippen LogP contribution in [0.1, 0.15) is 0 Å². The molecule has 0 aliphatic heterocycles. The van der Waals surface area contributed by atoms with E-state index < -0.39 is 23.7 Å². The van der Waals surface area contributed by atoms with Crippen LogP contribution >= 0.6 is 0 Å². The lowest BCUT2D eigenvalue weighted by Gasteiger charge is -2.06. The molecule has 0 rings (SSSR count). The summed E-state index contributed by atoms with van der Waals surface area (Å²) in [5.74, 6) is -3.08. The molecule has 0 saturated heterocycles. The predicted octanol–water partition coefficient (Wildman–Crippen LogP) is 1.36. The Hall–Kier alpha value is -1.59. The Bertz CT molecular complexity index is 265. The lowest BCUT2D eigenvalue weighted by atomic mass is 10.3. The number of ether oxygens (including phenoxy) is 1. The number of carbonyl (C=O) groups is 2. The third-order valence-electron chi connectivity index (χ3n) is 0.949. The molecule has 0 spiro atoms. The molecular formula is C7H5F3O3. The first-order valence-corrected chi connectivity index (χ1v) is 2.93. The molecular weight excluding hydrogens is 189 g/mol. The van der Waals surface area contributed by atoms with Crippen LogP contribution in [-0.4, -0.2) is 18.1 Å². The van der Waals surface area contributed by atoms with Gasteiger partial charge in [-0.1, -0.05) is 13.2 Å². The normalized spacial score (nSPS) is 10.4. The molecule has 0 aromatic carbocycles. The molecule has 0 radical (unpaired) electrons. The molecule has 0 heterocycles. The molecule has 0 aromatic rings. The van der Waals surface area contributed by atoms with Gasteiger partial charge in [-0.2, -0.15) is 13.2 Å². The van der Waals surface area contributed by atoms with E-state index in [1.807, 2.05) is 0 Å². The molecule has 0 fully saturated rings. The Kier molecular flexibility index (Phi) is 3.41. The summed E-state index contributed by atoms with van der Waals surface area (Å²) >= 11 is 0. The van der Waals surface area contributed by atoms with Gasteiger partial charge in [0.05, 0.1) is 0 Å². The maximum Gasteiger partial charge on any atom is 0.422 e. The number of esters is 2. The van der Waals surface area contributed by atoms with Crippen molar-refractivity contribution >= 4 is 11.9 Å². The zero-order valence-corrected chi connectivity index (χ0v) is 6.35. The number of halogens is 3. The molecule has 0 amide bonds. The van der Waals surface area contributed by atoms with Crippen LogP contribution in [0.4, 0.5) is 13.2 Å². The van der Waals surface area contributed by atoms with Crippen molar-refractivity contribution in [2.45, 2.75) is 6.18 Å². The van der Waals surface area contributed by atoms with E-state index in [9.17, 15) is 22.8 Å². The van der Waals surface area contributed by atoms with E-state index in [0.29, 0.717) is 6.08 Å². The fourth-order valence-electron chi connectivity index (χ4n) is 0.310. The zero-order chi connectivity index (χ0) is 10.6. The highest BCUT2D eigenvalue weighted by Crippen LogP contribution is 2.24. The van der Waals surface area contributed by atoms with Gasteiger partial charge >= 0.3 is 18.1 Å². The lowest BCUT2D eigenvalue weighted by Crippen LogP contribution is -2.22. The van der Waals surface area contributed by atoms with Crippen molar-refractivity contribution in [1.29, 1.82) is 0 Å². The van der Waals surface area contributed by atoms with Crippen LogP contribution in [-0.2, 0) is 14.3 Å². The molecule has 13 heavy (non-hydrogen) atoms. The van der Waals surface area contributed by atoms with Crippen molar-refractivity contribution < 1.29 is 27.5 Å². The fraction of sp³-hybridized carbons (Fsp3) is 0.143. The van der Waals surface area contributed by atoms with Gasteiger partial charge in [-0.05, 0) is 0 Å². The van der Waals surface area contributed by atoms with E-state index >= 15 is 0 Å². The molecule has 0 atom stereocenters. The van der Waals surface area contributed by atoms with Gasteiger partial charge in [0.1, 0.15) is 5.57 Å². The molecule has 3 nitrogen and oxygen atoms in total. The van der Waals surface area contributed by atoms with Crippen molar-refractivity contribution in [2.24, 2.45) is 0 Å². The number of hydrogen-bond donors (Lipinski definition) is 0. The Morgan fingerprint density at radius 3 is 2.08 bits per heavy atom. The van der Waals surface area contributed by atoms with Crippen LogP contribution in [0, 0.1) is 0 Å². The second-order valence-electron chi connectivity index (χ2n) is 1.89. The molecule has 0 aliphatic rings. The minimum atomic E-state index is -4.89. The quantitative estimate of drug-likeness (QED) is 0.378. The molecule has 0 unspecified atom stereocenters. The summed E-state index contributed by atoms with van der Waals surface area (Å²) in [7, 11) is 0. The third-order valence-corrected chi connectivity index (χ3v) is 0.949. The van der Waals surface area contributed by atoms with Crippen molar-refractivity contribution in [3.8, 4) is 0 Å². The Morgan fingerprint density at radius 1 is 1.31 bits per heavy atom. The summed E-state index contributed by atoms with van der Waals surface area (Å²) in [5, 5.41) is 0. The SMILES string of the molecule is C=CC(=O)OC(=O)C(=C)C(F)(F)F. The van der Waals surface area contributed by atoms with Gasteiger partial charge in [0.25, 0.3) is 0 Å². The van der Waals surface area contributed by atoms with Crippen LogP contribution < -0.4 is 0 Å². The number of rotatable bonds is 2. The number of alkyl halides is 3. The number of hydrogen-bond acceptors (Lipinski definition) is 3. The van der Waals surface area contributed by atoms with E-state index in [1.54, 1.807) is 0 Å². The van der Waals surface area contributed by atoms with Crippen molar-refractivity contribution in [3.05, 3.63) is 24.8 Å². The topological polar surface area (TPSA) is 43.4 Å². The highest BCUT2D eigenvalue weighted by Gasteiger charge is 2.38. The van der Waals surface area contributed by atoms with Crippen molar-refractivity contribution in [1.82, 2.24) is 0 Å². The zero-order valence-electron chi connectivity index (χ0n) is 6.35. The average molecular weight is 194 g/mol. The molecule has 0 saturated carbocycles. The minimum absolute atomic E-state index is 0.571. The Balaban J connectivity index is 4.38. The first-order chi connectivity index (χ1) is 5.79. The van der Waals surface area contributed by atoms with Crippen LogP contribution in [0.3, 0.4) is 0 Å². The summed E-state index contributed by atoms with van der Waals surface area (Å²) in [6.45, 7) is 5.32. The second-order valence-corrected chi connectivity index (χ2v) is 1.89. The van der Waals surface area contributed by atoms with Crippen LogP contribution in [0.2, 0.25) is 0 Å². The monoisotopic (exact) mass is 194 g/mol. The lowest BCUT2D eigenvalue weighted by molar-refractivity contribution is -0.159. The highest BCUT2D eigenvalue weighted by atomic mass is 19.4. The van der Waals surface area contributed by atoms with Gasteiger partial charge in [0, 0.05) is 6.08 Å². The first kappa shape index (κ1) is 11.4. The van der Waals surface area contributed by atoms with E-state index in [2.05, 4.69) is 17.9 Å². The highest BCUT2D eigenvalue weighted by molar-refractivity contribution is 5.99. The third kappa shape index (κ3) is 3.55. The van der Waals surface area contributed by atoms with Gasteiger partial charge in [0.15, 0.2) is 0 Å². The molecule has 6 heteroatoms. The fourth-order valence-corrected chi connectivity index (χ4v) is 0.310. The summed E-state index contributed by atoms with van der Waals surface area (Å²) in [6.07, 6.45) is -4.32. The summed E-state index contributed by atoms with van der Waals surface area (Å²) in [6, 6.07) is 0. The first-order valence-electron chi connectivity index (χ1n) is 2.93. The van der Waals surface area contributed by atoms with Crippen LogP contribution in [0.5, 0.6) is 0 Å². The molecule has 0 bridgehead atoms. The predicted molar refractivity (Wildman–Crippen MR) is 36.5 cm³/mol. The van der Waals surface area contributed by atoms with E-state index in [4.69, 9.17) is 0 Å². The smallest absolute Gasteiger partial charge is 0.386 e.